The van der Waals surface area contributed by atoms with Crippen molar-refractivity contribution in [2.45, 2.75) is 20.3 Å². The van der Waals surface area contributed by atoms with Crippen molar-refractivity contribution < 1.29 is 14.7 Å². The second-order valence-electron chi connectivity index (χ2n) is 2.95. The van der Waals surface area contributed by atoms with Crippen LogP contribution in [0.2, 0.25) is 0 Å². The highest BCUT2D eigenvalue weighted by molar-refractivity contribution is 5.88. The summed E-state index contributed by atoms with van der Waals surface area (Å²) in [6, 6.07) is 0. The molecule has 1 N–H and O–H groups in total. The van der Waals surface area contributed by atoms with Crippen molar-refractivity contribution in [2.75, 3.05) is 13.1 Å². The van der Waals surface area contributed by atoms with Crippen molar-refractivity contribution in [1.29, 1.82) is 0 Å². The Hall–Kier alpha value is -1.58. The molecule has 15 heavy (non-hydrogen) atoms. The molecule has 0 fully saturated rings. The molecule has 0 spiro atoms. The van der Waals surface area contributed by atoms with Crippen molar-refractivity contribution in [3.8, 4) is 0 Å². The number of hydrogen-bond acceptors (Lipinski definition) is 2. The van der Waals surface area contributed by atoms with Gasteiger partial charge in [-0.2, -0.15) is 0 Å². The van der Waals surface area contributed by atoms with E-state index in [4.69, 9.17) is 5.11 Å². The molecule has 0 radical (unpaired) electrons. The molecule has 0 aliphatic heterocycles. The molecule has 0 aromatic rings. The maximum absolute atomic E-state index is 11.5. The summed E-state index contributed by atoms with van der Waals surface area (Å²) in [5, 5.41) is 8.49. The highest BCUT2D eigenvalue weighted by Crippen LogP contribution is 1.94. The van der Waals surface area contributed by atoms with Crippen molar-refractivity contribution >= 4 is 11.9 Å². The Labute approximate surface area is 89.9 Å². The Kier molecular flexibility index (Phi) is 6.97. The van der Waals surface area contributed by atoms with Crippen molar-refractivity contribution in [1.82, 2.24) is 4.90 Å². The fraction of sp³-hybridized carbons (Fsp3) is 0.455. The Bertz CT molecular complexity index is 269. The SMILES string of the molecule is C/C=C/C=C/C(=O)N(CC)CCC(=O)O. The second-order valence-corrected chi connectivity index (χ2v) is 2.95. The lowest BCUT2D eigenvalue weighted by molar-refractivity contribution is -0.137. The lowest BCUT2D eigenvalue weighted by Gasteiger charge is -2.17. The predicted octanol–water partition coefficient (Wildman–Crippen LogP) is 1.44. The fourth-order valence-corrected chi connectivity index (χ4v) is 1.01. The van der Waals surface area contributed by atoms with E-state index >= 15 is 0 Å². The molecule has 0 heterocycles. The predicted molar refractivity (Wildman–Crippen MR) is 58.5 cm³/mol. The van der Waals surface area contributed by atoms with Gasteiger partial charge in [0, 0.05) is 19.2 Å². The number of allylic oxidation sites excluding steroid dienone is 3. The third-order valence-electron chi connectivity index (χ3n) is 1.83. The molecule has 1 amide bonds. The molecule has 0 saturated heterocycles. The van der Waals surface area contributed by atoms with Gasteiger partial charge in [-0.1, -0.05) is 18.2 Å². The molecular weight excluding hydrogens is 194 g/mol. The number of carbonyl (C=O) groups excluding carboxylic acids is 1. The van der Waals surface area contributed by atoms with Gasteiger partial charge in [-0.15, -0.1) is 0 Å². The lowest BCUT2D eigenvalue weighted by Crippen LogP contribution is -2.31. The standard InChI is InChI=1S/C11H17NO3/c1-3-5-6-7-10(13)12(4-2)9-8-11(14)15/h3,5-7H,4,8-9H2,1-2H3,(H,14,15)/b5-3+,7-6+. The summed E-state index contributed by atoms with van der Waals surface area (Å²) in [6.07, 6.45) is 6.63. The zero-order valence-corrected chi connectivity index (χ0v) is 9.14. The van der Waals surface area contributed by atoms with Crippen LogP contribution in [0.4, 0.5) is 0 Å². The molecule has 0 aliphatic carbocycles. The van der Waals surface area contributed by atoms with Gasteiger partial charge < -0.3 is 10.0 Å². The van der Waals surface area contributed by atoms with Gasteiger partial charge in [0.1, 0.15) is 0 Å². The molecule has 0 aromatic carbocycles. The van der Waals surface area contributed by atoms with Gasteiger partial charge in [-0.25, -0.2) is 0 Å². The third-order valence-corrected chi connectivity index (χ3v) is 1.83. The fourth-order valence-electron chi connectivity index (χ4n) is 1.01. The quantitative estimate of drug-likeness (QED) is 0.534. The number of nitrogens with zero attached hydrogens (tertiary/aromatic N) is 1. The van der Waals surface area contributed by atoms with Crippen LogP contribution in [0.1, 0.15) is 20.3 Å². The first-order valence-corrected chi connectivity index (χ1v) is 4.91. The molecule has 0 aliphatic rings. The van der Waals surface area contributed by atoms with E-state index < -0.39 is 5.97 Å². The van der Waals surface area contributed by atoms with E-state index in [9.17, 15) is 9.59 Å². The summed E-state index contributed by atoms with van der Waals surface area (Å²) in [4.78, 5) is 23.3. The Balaban J connectivity index is 4.15. The van der Waals surface area contributed by atoms with Crippen LogP contribution in [0.5, 0.6) is 0 Å². The number of carboxylic acid groups (broad SMARTS) is 1. The molecular formula is C11H17NO3. The molecule has 4 nitrogen and oxygen atoms in total. The monoisotopic (exact) mass is 211 g/mol. The normalized spacial score (nSPS) is 11.1. The highest BCUT2D eigenvalue weighted by Gasteiger charge is 2.09. The van der Waals surface area contributed by atoms with Gasteiger partial charge in [0.25, 0.3) is 0 Å². The van der Waals surface area contributed by atoms with Gasteiger partial charge in [-0.05, 0) is 13.8 Å². The van der Waals surface area contributed by atoms with Gasteiger partial charge in [-0.3, -0.25) is 9.59 Å². The van der Waals surface area contributed by atoms with Crippen molar-refractivity contribution in [3.05, 3.63) is 24.3 Å². The topological polar surface area (TPSA) is 57.6 Å². The van der Waals surface area contributed by atoms with Crippen LogP contribution < -0.4 is 0 Å². The molecule has 0 atom stereocenters. The van der Waals surface area contributed by atoms with E-state index in [0.717, 1.165) is 0 Å². The molecule has 0 unspecified atom stereocenters. The molecule has 4 heteroatoms. The first-order chi connectivity index (χ1) is 7.11. The van der Waals surface area contributed by atoms with Crippen molar-refractivity contribution in [2.24, 2.45) is 0 Å². The van der Waals surface area contributed by atoms with Crippen molar-refractivity contribution in [3.63, 3.8) is 0 Å². The first-order valence-electron chi connectivity index (χ1n) is 4.91. The van der Waals surface area contributed by atoms with E-state index in [-0.39, 0.29) is 18.9 Å². The van der Waals surface area contributed by atoms with Crippen LogP contribution in [-0.2, 0) is 9.59 Å². The van der Waals surface area contributed by atoms with E-state index in [1.807, 2.05) is 19.9 Å². The Morgan fingerprint density at radius 1 is 1.33 bits per heavy atom. The van der Waals surface area contributed by atoms with Crippen LogP contribution in [0, 0.1) is 0 Å². The third kappa shape index (κ3) is 6.49. The molecule has 0 saturated carbocycles. The zero-order chi connectivity index (χ0) is 11.7. The molecule has 0 rings (SSSR count). The van der Waals surface area contributed by atoms with E-state index in [1.54, 1.807) is 12.2 Å². The molecule has 0 aromatic heterocycles. The van der Waals surface area contributed by atoms with Crippen LogP contribution in [0.25, 0.3) is 0 Å². The summed E-state index contributed by atoms with van der Waals surface area (Å²) in [5.74, 6) is -1.05. The summed E-state index contributed by atoms with van der Waals surface area (Å²) >= 11 is 0. The smallest absolute Gasteiger partial charge is 0.305 e. The minimum absolute atomic E-state index is 0.0168. The minimum Gasteiger partial charge on any atom is -0.481 e. The molecule has 84 valence electrons. The average molecular weight is 211 g/mol. The maximum Gasteiger partial charge on any atom is 0.305 e. The van der Waals surface area contributed by atoms with Gasteiger partial charge >= 0.3 is 5.97 Å². The number of amides is 1. The van der Waals surface area contributed by atoms with Crippen LogP contribution in [0.3, 0.4) is 0 Å². The van der Waals surface area contributed by atoms with Crippen LogP contribution in [-0.4, -0.2) is 35.0 Å². The Morgan fingerprint density at radius 3 is 2.47 bits per heavy atom. The summed E-state index contributed by atoms with van der Waals surface area (Å²) in [7, 11) is 0. The summed E-state index contributed by atoms with van der Waals surface area (Å²) < 4.78 is 0. The van der Waals surface area contributed by atoms with E-state index in [1.165, 1.54) is 11.0 Å². The van der Waals surface area contributed by atoms with E-state index in [0.29, 0.717) is 6.54 Å². The largest absolute Gasteiger partial charge is 0.481 e. The van der Waals surface area contributed by atoms with E-state index in [2.05, 4.69) is 0 Å². The lowest BCUT2D eigenvalue weighted by atomic mass is 10.3. The highest BCUT2D eigenvalue weighted by atomic mass is 16.4. The Morgan fingerprint density at radius 2 is 2.00 bits per heavy atom. The molecule has 0 bridgehead atoms. The number of aliphatic carboxylic acids is 1. The number of likely N-dealkylation sites (N-methyl/N-ethyl adjacent to an activating group) is 1. The van der Waals surface area contributed by atoms with Crippen LogP contribution in [0.15, 0.2) is 24.3 Å². The summed E-state index contributed by atoms with van der Waals surface area (Å²) in [6.45, 7) is 4.46. The number of carbonyl (C=O) groups is 2. The van der Waals surface area contributed by atoms with Gasteiger partial charge in [0.15, 0.2) is 0 Å². The minimum atomic E-state index is -0.890. The van der Waals surface area contributed by atoms with Gasteiger partial charge in [0.2, 0.25) is 5.91 Å². The van der Waals surface area contributed by atoms with Gasteiger partial charge in [0.05, 0.1) is 6.42 Å². The number of carboxylic acids is 1. The average Bonchev–Trinajstić information content (AvgIpc) is 2.18. The second kappa shape index (κ2) is 7.79. The maximum atomic E-state index is 11.5. The van der Waals surface area contributed by atoms with Crippen LogP contribution >= 0.6 is 0 Å². The number of hydrogen-bond donors (Lipinski definition) is 1. The first kappa shape index (κ1) is 13.4. The summed E-state index contributed by atoms with van der Waals surface area (Å²) in [5.41, 5.74) is 0. The number of rotatable bonds is 6. The zero-order valence-electron chi connectivity index (χ0n) is 9.14.